The van der Waals surface area contributed by atoms with Crippen molar-refractivity contribution >= 4 is 12.0 Å². The topological polar surface area (TPSA) is 36.4 Å². The van der Waals surface area contributed by atoms with Crippen molar-refractivity contribution in [1.29, 1.82) is 0 Å². The van der Waals surface area contributed by atoms with Crippen molar-refractivity contribution in [3.63, 3.8) is 0 Å². The highest BCUT2D eigenvalue weighted by Crippen LogP contribution is 2.42. The number of aromatic nitrogens is 1. The van der Waals surface area contributed by atoms with Crippen molar-refractivity contribution in [3.05, 3.63) is 59.7 Å². The third kappa shape index (κ3) is 2.72. The van der Waals surface area contributed by atoms with E-state index in [0.29, 0.717) is 11.1 Å². The number of benzene rings is 1. The number of hydrogen-bond donors (Lipinski definition) is 0. The van der Waals surface area contributed by atoms with Crippen LogP contribution in [0.15, 0.2) is 42.6 Å². The zero-order valence-electron chi connectivity index (χ0n) is 12.8. The Labute approximate surface area is 134 Å². The van der Waals surface area contributed by atoms with Gasteiger partial charge >= 0.3 is 0 Å². The quantitative estimate of drug-likeness (QED) is 0.812. The van der Waals surface area contributed by atoms with Gasteiger partial charge in [-0.3, -0.25) is 14.7 Å². The number of carbonyl (C=O) groups excluding carboxylic acids is 1. The Hall–Kier alpha value is -2.27. The van der Waals surface area contributed by atoms with E-state index in [1.54, 1.807) is 24.4 Å². The predicted molar refractivity (Wildman–Crippen MR) is 85.9 cm³/mol. The largest absolute Gasteiger partial charge is 0.370 e. The fourth-order valence-corrected chi connectivity index (χ4v) is 3.69. The normalized spacial score (nSPS) is 19.3. The van der Waals surface area contributed by atoms with Gasteiger partial charge in [-0.05, 0) is 29.8 Å². The van der Waals surface area contributed by atoms with Crippen molar-refractivity contribution in [2.75, 3.05) is 31.1 Å². The summed E-state index contributed by atoms with van der Waals surface area (Å²) in [6.07, 6.45) is 2.53. The molecule has 2 saturated heterocycles. The molecule has 4 rings (SSSR count). The number of pyridine rings is 1. The molecule has 2 fully saturated rings. The molecule has 0 bridgehead atoms. The van der Waals surface area contributed by atoms with E-state index in [2.05, 4.69) is 14.8 Å². The second-order valence-corrected chi connectivity index (χ2v) is 6.69. The first kappa shape index (κ1) is 14.3. The van der Waals surface area contributed by atoms with Gasteiger partial charge < -0.3 is 4.90 Å². The summed E-state index contributed by atoms with van der Waals surface area (Å²) >= 11 is 0. The Bertz CT molecular complexity index is 717. The summed E-state index contributed by atoms with van der Waals surface area (Å²) in [6, 6.07) is 10.5. The van der Waals surface area contributed by atoms with Crippen LogP contribution in [-0.4, -0.2) is 42.3 Å². The average Bonchev–Trinajstić information content (AvgIpc) is 2.49. The van der Waals surface area contributed by atoms with Crippen LogP contribution in [-0.2, 0) is 6.54 Å². The number of halogens is 1. The Morgan fingerprint density at radius 2 is 2.00 bits per heavy atom. The molecule has 0 unspecified atom stereocenters. The molecule has 2 aliphatic heterocycles. The summed E-state index contributed by atoms with van der Waals surface area (Å²) in [5.74, 6) is -0.176. The predicted octanol–water partition coefficient (Wildman–Crippen LogP) is 2.36. The molecule has 3 heterocycles. The van der Waals surface area contributed by atoms with Crippen molar-refractivity contribution in [2.24, 2.45) is 5.41 Å². The molecule has 1 spiro atoms. The van der Waals surface area contributed by atoms with E-state index in [1.165, 1.54) is 6.07 Å². The van der Waals surface area contributed by atoms with Crippen LogP contribution >= 0.6 is 0 Å². The second-order valence-electron chi connectivity index (χ2n) is 6.69. The molecule has 23 heavy (non-hydrogen) atoms. The van der Waals surface area contributed by atoms with Crippen molar-refractivity contribution in [3.8, 4) is 0 Å². The number of nitrogens with zero attached hydrogens (tertiary/aromatic N) is 3. The molecule has 0 radical (unpaired) electrons. The fraction of sp³-hybridized carbons (Fsp3) is 0.333. The van der Waals surface area contributed by atoms with Crippen LogP contribution in [0.1, 0.15) is 16.1 Å². The summed E-state index contributed by atoms with van der Waals surface area (Å²) in [7, 11) is 0. The summed E-state index contributed by atoms with van der Waals surface area (Å²) in [4.78, 5) is 19.3. The molecule has 0 saturated carbocycles. The molecule has 4 nitrogen and oxygen atoms in total. The van der Waals surface area contributed by atoms with Crippen LogP contribution in [0.5, 0.6) is 0 Å². The number of anilines is 1. The van der Waals surface area contributed by atoms with E-state index < -0.39 is 0 Å². The van der Waals surface area contributed by atoms with E-state index in [0.717, 1.165) is 50.3 Å². The number of carbonyl (C=O) groups is 1. The first-order chi connectivity index (χ1) is 11.2. The van der Waals surface area contributed by atoms with Gasteiger partial charge in [0.05, 0.1) is 0 Å². The number of hydrogen-bond acceptors (Lipinski definition) is 4. The lowest BCUT2D eigenvalue weighted by Gasteiger charge is -2.61. The van der Waals surface area contributed by atoms with Crippen LogP contribution in [0.2, 0.25) is 0 Å². The van der Waals surface area contributed by atoms with Crippen molar-refractivity contribution in [1.82, 2.24) is 9.88 Å². The average molecular weight is 311 g/mol. The van der Waals surface area contributed by atoms with Crippen molar-refractivity contribution in [2.45, 2.75) is 6.54 Å². The van der Waals surface area contributed by atoms with Gasteiger partial charge in [-0.15, -0.1) is 0 Å². The van der Waals surface area contributed by atoms with Gasteiger partial charge in [-0.2, -0.15) is 0 Å². The highest BCUT2D eigenvalue weighted by molar-refractivity contribution is 5.71. The minimum atomic E-state index is -0.176. The minimum absolute atomic E-state index is 0.176. The molecule has 0 aliphatic carbocycles. The lowest BCUT2D eigenvalue weighted by atomic mass is 9.72. The Morgan fingerprint density at radius 1 is 1.17 bits per heavy atom. The summed E-state index contributed by atoms with van der Waals surface area (Å²) in [5.41, 5.74) is 2.94. The van der Waals surface area contributed by atoms with Gasteiger partial charge in [-0.25, -0.2) is 4.39 Å². The van der Waals surface area contributed by atoms with Crippen LogP contribution in [0.3, 0.4) is 0 Å². The minimum Gasteiger partial charge on any atom is -0.370 e. The molecule has 2 aliphatic rings. The highest BCUT2D eigenvalue weighted by Gasteiger charge is 2.51. The summed E-state index contributed by atoms with van der Waals surface area (Å²) in [6.45, 7) is 4.99. The smallest absolute Gasteiger partial charge is 0.168 e. The maximum atomic E-state index is 13.3. The standard InChI is InChI=1S/C18H18FN3O/c19-15-2-1-3-17(6-15)22-12-18(13-22)10-21(11-18)8-14-4-5-16(9-23)20-7-14/h1-7,9H,8,10-13H2. The first-order valence-corrected chi connectivity index (χ1v) is 7.79. The Morgan fingerprint density at radius 3 is 2.65 bits per heavy atom. The molecule has 118 valence electrons. The van der Waals surface area contributed by atoms with Gasteiger partial charge in [-0.1, -0.05) is 12.1 Å². The van der Waals surface area contributed by atoms with E-state index in [9.17, 15) is 9.18 Å². The van der Waals surface area contributed by atoms with E-state index >= 15 is 0 Å². The Balaban J connectivity index is 1.29. The SMILES string of the molecule is O=Cc1ccc(CN2CC3(C2)CN(c2cccc(F)c2)C3)cn1. The number of rotatable bonds is 4. The van der Waals surface area contributed by atoms with E-state index in [4.69, 9.17) is 0 Å². The van der Waals surface area contributed by atoms with Gasteiger partial charge in [0.1, 0.15) is 11.5 Å². The lowest BCUT2D eigenvalue weighted by molar-refractivity contribution is -0.0274. The third-order valence-corrected chi connectivity index (χ3v) is 4.72. The highest BCUT2D eigenvalue weighted by atomic mass is 19.1. The maximum absolute atomic E-state index is 13.3. The molecule has 1 aromatic carbocycles. The molecule has 5 heteroatoms. The number of aldehydes is 1. The molecular formula is C18H18FN3O. The van der Waals surface area contributed by atoms with Crippen LogP contribution in [0.25, 0.3) is 0 Å². The molecule has 0 atom stereocenters. The second kappa shape index (κ2) is 5.42. The molecule has 2 aromatic rings. The van der Waals surface area contributed by atoms with E-state index in [-0.39, 0.29) is 5.82 Å². The summed E-state index contributed by atoms with van der Waals surface area (Å²) < 4.78 is 13.3. The van der Waals surface area contributed by atoms with Gasteiger partial charge in [0.15, 0.2) is 6.29 Å². The van der Waals surface area contributed by atoms with Gasteiger partial charge in [0.2, 0.25) is 0 Å². The zero-order chi connectivity index (χ0) is 15.9. The van der Waals surface area contributed by atoms with Gasteiger partial charge in [0.25, 0.3) is 0 Å². The first-order valence-electron chi connectivity index (χ1n) is 7.79. The van der Waals surface area contributed by atoms with Gasteiger partial charge in [0, 0.05) is 50.0 Å². The summed E-state index contributed by atoms with van der Waals surface area (Å²) in [5, 5.41) is 0. The maximum Gasteiger partial charge on any atom is 0.168 e. The number of likely N-dealkylation sites (tertiary alicyclic amines) is 1. The fourth-order valence-electron chi connectivity index (χ4n) is 3.69. The van der Waals surface area contributed by atoms with Crippen LogP contribution in [0, 0.1) is 11.2 Å². The monoisotopic (exact) mass is 311 g/mol. The van der Waals surface area contributed by atoms with Crippen molar-refractivity contribution < 1.29 is 9.18 Å². The van der Waals surface area contributed by atoms with E-state index in [1.807, 2.05) is 12.1 Å². The molecule has 1 aromatic heterocycles. The molecule has 0 N–H and O–H groups in total. The van der Waals surface area contributed by atoms with Crippen LogP contribution in [0.4, 0.5) is 10.1 Å². The molecule has 0 amide bonds. The Kier molecular flexibility index (Phi) is 3.38. The van der Waals surface area contributed by atoms with Crippen LogP contribution < -0.4 is 4.90 Å². The third-order valence-electron chi connectivity index (χ3n) is 4.72. The zero-order valence-corrected chi connectivity index (χ0v) is 12.8. The lowest BCUT2D eigenvalue weighted by Crippen LogP contribution is -2.71. The molecular weight excluding hydrogens is 293 g/mol.